The van der Waals surface area contributed by atoms with Crippen molar-refractivity contribution in [1.29, 1.82) is 0 Å². The molecule has 0 amide bonds. The fraction of sp³-hybridized carbons (Fsp3) is 0.231. The third-order valence-electron chi connectivity index (χ3n) is 2.56. The molecule has 0 aliphatic rings. The Kier molecular flexibility index (Phi) is 4.31. The molecule has 1 N–H and O–H groups in total. The molecule has 1 aromatic heterocycles. The third kappa shape index (κ3) is 2.84. The van der Waals surface area contributed by atoms with E-state index in [2.05, 4.69) is 20.9 Å². The minimum atomic E-state index is -1.01. The van der Waals surface area contributed by atoms with Crippen molar-refractivity contribution < 1.29 is 14.3 Å². The molecule has 0 spiro atoms. The van der Waals surface area contributed by atoms with Crippen LogP contribution < -0.4 is 0 Å². The first-order valence-corrected chi connectivity index (χ1v) is 7.33. The molecule has 3 nitrogen and oxygen atoms in total. The molecule has 6 heteroatoms. The number of aromatic carboxylic acids is 1. The lowest BCUT2D eigenvalue weighted by molar-refractivity contribution is 0.0700. The standard InChI is InChI=1S/C13H11BrFNO2S/c1-2-4-9-11(13(17)18)19-12(16-9)10-7(14)5-3-6-8(10)15/h3,5-6H,2,4H2,1H3,(H,17,18). The van der Waals surface area contributed by atoms with E-state index in [0.29, 0.717) is 27.2 Å². The molecule has 1 aromatic carbocycles. The number of hydrogen-bond acceptors (Lipinski definition) is 3. The highest BCUT2D eigenvalue weighted by molar-refractivity contribution is 9.10. The fourth-order valence-electron chi connectivity index (χ4n) is 1.73. The van der Waals surface area contributed by atoms with Crippen LogP contribution in [0, 0.1) is 5.82 Å². The smallest absolute Gasteiger partial charge is 0.347 e. The summed E-state index contributed by atoms with van der Waals surface area (Å²) in [5.74, 6) is -1.43. The number of carboxylic acids is 1. The van der Waals surface area contributed by atoms with Crippen molar-refractivity contribution in [2.45, 2.75) is 19.8 Å². The van der Waals surface area contributed by atoms with Crippen LogP contribution in [0.15, 0.2) is 22.7 Å². The van der Waals surface area contributed by atoms with Gasteiger partial charge in [0.2, 0.25) is 0 Å². The molecule has 0 aliphatic heterocycles. The maximum Gasteiger partial charge on any atom is 0.347 e. The predicted octanol–water partition coefficient (Wildman–Crippen LogP) is 4.36. The SMILES string of the molecule is CCCc1nc(-c2c(F)cccc2Br)sc1C(=O)O. The molecular weight excluding hydrogens is 333 g/mol. The zero-order valence-corrected chi connectivity index (χ0v) is 12.5. The number of rotatable bonds is 4. The summed E-state index contributed by atoms with van der Waals surface area (Å²) in [6.45, 7) is 1.95. The topological polar surface area (TPSA) is 50.2 Å². The molecule has 19 heavy (non-hydrogen) atoms. The molecule has 100 valence electrons. The first-order valence-electron chi connectivity index (χ1n) is 5.72. The highest BCUT2D eigenvalue weighted by Crippen LogP contribution is 2.35. The quantitative estimate of drug-likeness (QED) is 0.896. The Balaban J connectivity index is 2.57. The molecule has 0 radical (unpaired) electrons. The van der Waals surface area contributed by atoms with Gasteiger partial charge in [-0.2, -0.15) is 0 Å². The highest BCUT2D eigenvalue weighted by Gasteiger charge is 2.20. The Bertz CT molecular complexity index is 607. The highest BCUT2D eigenvalue weighted by atomic mass is 79.9. The van der Waals surface area contributed by atoms with Crippen LogP contribution in [0.4, 0.5) is 4.39 Å². The van der Waals surface area contributed by atoms with Crippen LogP contribution in [0.1, 0.15) is 28.7 Å². The number of benzene rings is 1. The van der Waals surface area contributed by atoms with Crippen molar-refractivity contribution in [3.63, 3.8) is 0 Å². The van der Waals surface area contributed by atoms with Crippen molar-refractivity contribution in [3.05, 3.63) is 39.1 Å². The summed E-state index contributed by atoms with van der Waals surface area (Å²) in [5, 5.41) is 9.55. The van der Waals surface area contributed by atoms with Gasteiger partial charge in [-0.1, -0.05) is 19.4 Å². The third-order valence-corrected chi connectivity index (χ3v) is 4.32. The summed E-state index contributed by atoms with van der Waals surface area (Å²) in [4.78, 5) is 15.6. The summed E-state index contributed by atoms with van der Waals surface area (Å²) in [5.41, 5.74) is 0.836. The summed E-state index contributed by atoms with van der Waals surface area (Å²) in [7, 11) is 0. The van der Waals surface area contributed by atoms with Gasteiger partial charge in [0, 0.05) is 4.47 Å². The van der Waals surface area contributed by atoms with Gasteiger partial charge in [0.15, 0.2) is 0 Å². The monoisotopic (exact) mass is 343 g/mol. The summed E-state index contributed by atoms with van der Waals surface area (Å²) < 4.78 is 14.4. The average Bonchev–Trinajstić information content (AvgIpc) is 2.73. The normalized spacial score (nSPS) is 10.7. The maximum atomic E-state index is 13.9. The molecule has 0 bridgehead atoms. The summed E-state index contributed by atoms with van der Waals surface area (Å²) in [6.07, 6.45) is 1.37. The van der Waals surface area contributed by atoms with Gasteiger partial charge in [0.25, 0.3) is 0 Å². The first kappa shape index (κ1) is 14.1. The van der Waals surface area contributed by atoms with E-state index in [1.165, 1.54) is 6.07 Å². The lowest BCUT2D eigenvalue weighted by Crippen LogP contribution is -1.98. The zero-order chi connectivity index (χ0) is 14.0. The molecule has 0 aliphatic carbocycles. The molecular formula is C13H11BrFNO2S. The van der Waals surface area contributed by atoms with Gasteiger partial charge < -0.3 is 5.11 Å². The van der Waals surface area contributed by atoms with E-state index in [-0.39, 0.29) is 4.88 Å². The van der Waals surface area contributed by atoms with Gasteiger partial charge in [-0.25, -0.2) is 14.2 Å². The van der Waals surface area contributed by atoms with Gasteiger partial charge in [-0.3, -0.25) is 0 Å². The Morgan fingerprint density at radius 3 is 2.84 bits per heavy atom. The van der Waals surface area contributed by atoms with Gasteiger partial charge in [0.05, 0.1) is 11.3 Å². The second-order valence-electron chi connectivity index (χ2n) is 3.95. The van der Waals surface area contributed by atoms with Crippen molar-refractivity contribution in [2.75, 3.05) is 0 Å². The number of carbonyl (C=O) groups is 1. The number of aromatic nitrogens is 1. The second kappa shape index (κ2) is 5.79. The first-order chi connectivity index (χ1) is 9.04. The van der Waals surface area contributed by atoms with Gasteiger partial charge >= 0.3 is 5.97 Å². The molecule has 0 atom stereocenters. The number of aryl methyl sites for hydroxylation is 1. The largest absolute Gasteiger partial charge is 0.477 e. The van der Waals surface area contributed by atoms with Crippen molar-refractivity contribution >= 4 is 33.2 Å². The van der Waals surface area contributed by atoms with E-state index >= 15 is 0 Å². The van der Waals surface area contributed by atoms with Crippen LogP contribution in [0.25, 0.3) is 10.6 Å². The lowest BCUT2D eigenvalue weighted by atomic mass is 10.2. The Morgan fingerprint density at radius 1 is 1.53 bits per heavy atom. The Hall–Kier alpha value is -1.27. The molecule has 0 saturated carbocycles. The molecule has 0 saturated heterocycles. The minimum absolute atomic E-state index is 0.187. The molecule has 2 aromatic rings. The van der Waals surface area contributed by atoms with E-state index in [0.717, 1.165) is 17.8 Å². The average molecular weight is 344 g/mol. The predicted molar refractivity (Wildman–Crippen MR) is 76.2 cm³/mol. The van der Waals surface area contributed by atoms with Crippen LogP contribution in [0.5, 0.6) is 0 Å². The van der Waals surface area contributed by atoms with E-state index in [1.54, 1.807) is 12.1 Å². The minimum Gasteiger partial charge on any atom is -0.477 e. The van der Waals surface area contributed by atoms with Crippen LogP contribution in [0.3, 0.4) is 0 Å². The fourth-order valence-corrected chi connectivity index (χ4v) is 3.41. The number of thiazole rings is 1. The maximum absolute atomic E-state index is 13.9. The van der Waals surface area contributed by atoms with E-state index < -0.39 is 11.8 Å². The van der Waals surface area contributed by atoms with Crippen molar-refractivity contribution in [2.24, 2.45) is 0 Å². The van der Waals surface area contributed by atoms with Crippen LogP contribution in [-0.4, -0.2) is 16.1 Å². The molecule has 0 fully saturated rings. The van der Waals surface area contributed by atoms with Crippen LogP contribution in [-0.2, 0) is 6.42 Å². The number of carboxylic acid groups (broad SMARTS) is 1. The van der Waals surface area contributed by atoms with Gasteiger partial charge in [-0.05, 0) is 34.5 Å². The summed E-state index contributed by atoms with van der Waals surface area (Å²) in [6, 6.07) is 4.63. The molecule has 1 heterocycles. The number of nitrogens with zero attached hydrogens (tertiary/aromatic N) is 1. The van der Waals surface area contributed by atoms with Gasteiger partial charge in [-0.15, -0.1) is 11.3 Å². The zero-order valence-electron chi connectivity index (χ0n) is 10.1. The van der Waals surface area contributed by atoms with Crippen molar-refractivity contribution in [1.82, 2.24) is 4.98 Å². The number of hydrogen-bond donors (Lipinski definition) is 1. The van der Waals surface area contributed by atoms with Gasteiger partial charge in [0.1, 0.15) is 15.7 Å². The van der Waals surface area contributed by atoms with Crippen LogP contribution >= 0.6 is 27.3 Å². The van der Waals surface area contributed by atoms with Crippen LogP contribution in [0.2, 0.25) is 0 Å². The van der Waals surface area contributed by atoms with E-state index in [9.17, 15) is 9.18 Å². The second-order valence-corrected chi connectivity index (χ2v) is 5.80. The Morgan fingerprint density at radius 2 is 2.26 bits per heavy atom. The molecule has 2 rings (SSSR count). The Labute approximate surface area is 122 Å². The lowest BCUT2D eigenvalue weighted by Gasteiger charge is -2.01. The summed E-state index contributed by atoms with van der Waals surface area (Å²) >= 11 is 4.28. The van der Waals surface area contributed by atoms with E-state index in [4.69, 9.17) is 5.11 Å². The molecule has 0 unspecified atom stereocenters. The van der Waals surface area contributed by atoms with Crippen molar-refractivity contribution in [3.8, 4) is 10.6 Å². The van der Waals surface area contributed by atoms with E-state index in [1.807, 2.05) is 6.92 Å². The number of halogens is 2.